The summed E-state index contributed by atoms with van der Waals surface area (Å²) in [4.78, 5) is 13.6. The van der Waals surface area contributed by atoms with Crippen molar-refractivity contribution >= 4 is 5.91 Å². The highest BCUT2D eigenvalue weighted by Gasteiger charge is 2.10. The summed E-state index contributed by atoms with van der Waals surface area (Å²) in [5.41, 5.74) is 2.62. The fourth-order valence-corrected chi connectivity index (χ4v) is 2.19. The fraction of sp³-hybridized carbons (Fsp3) is 0.533. The van der Waals surface area contributed by atoms with Crippen LogP contribution in [0.5, 0.6) is 5.75 Å². The number of nitrogens with one attached hydrogen (secondary N) is 1. The molecule has 0 unspecified atom stereocenters. The molecule has 1 rings (SSSR count). The molecular weight excluding hydrogens is 254 g/mol. The number of hydrazine groups is 1. The highest BCUT2D eigenvalue weighted by Crippen LogP contribution is 2.12. The van der Waals surface area contributed by atoms with E-state index in [-0.39, 0.29) is 5.91 Å². The van der Waals surface area contributed by atoms with Crippen molar-refractivity contribution in [2.24, 2.45) is 5.84 Å². The zero-order valence-electron chi connectivity index (χ0n) is 12.6. The van der Waals surface area contributed by atoms with Gasteiger partial charge in [0.2, 0.25) is 0 Å². The van der Waals surface area contributed by atoms with Crippen LogP contribution in [0.2, 0.25) is 0 Å². The molecule has 0 aliphatic carbocycles. The number of ether oxygens (including phenoxy) is 1. The van der Waals surface area contributed by atoms with E-state index in [4.69, 9.17) is 10.6 Å². The largest absolute Gasteiger partial charge is 0.492 e. The smallest absolute Gasteiger partial charge is 0.265 e. The van der Waals surface area contributed by atoms with Crippen LogP contribution in [-0.2, 0) is 0 Å². The summed E-state index contributed by atoms with van der Waals surface area (Å²) < 4.78 is 5.68. The van der Waals surface area contributed by atoms with Gasteiger partial charge in [0.1, 0.15) is 12.4 Å². The van der Waals surface area contributed by atoms with Crippen molar-refractivity contribution in [3.05, 3.63) is 29.8 Å². The van der Waals surface area contributed by atoms with Gasteiger partial charge in [0.25, 0.3) is 5.91 Å². The molecule has 0 aliphatic heterocycles. The van der Waals surface area contributed by atoms with E-state index < -0.39 is 0 Å². The molecule has 0 aliphatic rings. The molecule has 1 aromatic carbocycles. The van der Waals surface area contributed by atoms with Crippen molar-refractivity contribution < 1.29 is 9.53 Å². The Labute approximate surface area is 121 Å². The molecule has 0 heterocycles. The molecule has 0 radical (unpaired) electrons. The molecule has 0 fully saturated rings. The van der Waals surface area contributed by atoms with Crippen molar-refractivity contribution in [2.75, 3.05) is 20.2 Å². The summed E-state index contributed by atoms with van der Waals surface area (Å²) in [6.07, 6.45) is 2.30. The lowest BCUT2D eigenvalue weighted by Gasteiger charge is -2.25. The first-order chi connectivity index (χ1) is 9.62. The fourth-order valence-electron chi connectivity index (χ4n) is 2.19. The Morgan fingerprint density at radius 3 is 2.40 bits per heavy atom. The van der Waals surface area contributed by atoms with Gasteiger partial charge in [0.15, 0.2) is 0 Å². The minimum absolute atomic E-state index is 0.301. The monoisotopic (exact) mass is 279 g/mol. The zero-order chi connectivity index (χ0) is 15.0. The van der Waals surface area contributed by atoms with E-state index in [1.54, 1.807) is 24.3 Å². The Hall–Kier alpha value is -1.59. The van der Waals surface area contributed by atoms with Crippen LogP contribution in [-0.4, -0.2) is 37.0 Å². The number of likely N-dealkylation sites (N-methyl/N-ethyl adjacent to an activating group) is 1. The Bertz CT molecular complexity index is 402. The lowest BCUT2D eigenvalue weighted by Crippen LogP contribution is -2.34. The number of nitrogen functional groups attached to an aromatic ring is 1. The standard InChI is InChI=1S/C15H25N3O2/c1-4-13(5-2)18(3)10-11-20-14-8-6-12(7-9-14)15(19)17-16/h6-9,13H,4-5,10-11,16H2,1-3H3,(H,17,19). The van der Waals surface area contributed by atoms with Gasteiger partial charge < -0.3 is 9.64 Å². The molecule has 20 heavy (non-hydrogen) atoms. The number of hydrogen-bond donors (Lipinski definition) is 2. The van der Waals surface area contributed by atoms with Crippen LogP contribution in [0, 0.1) is 0 Å². The first-order valence-corrected chi connectivity index (χ1v) is 7.06. The van der Waals surface area contributed by atoms with E-state index in [1.165, 1.54) is 0 Å². The molecule has 0 spiro atoms. The molecule has 112 valence electrons. The summed E-state index contributed by atoms with van der Waals surface area (Å²) in [5.74, 6) is 5.53. The number of nitrogens with zero attached hydrogens (tertiary/aromatic N) is 1. The van der Waals surface area contributed by atoms with Gasteiger partial charge in [-0.25, -0.2) is 5.84 Å². The summed E-state index contributed by atoms with van der Waals surface area (Å²) >= 11 is 0. The number of benzene rings is 1. The van der Waals surface area contributed by atoms with Crippen LogP contribution in [0.3, 0.4) is 0 Å². The molecule has 5 nitrogen and oxygen atoms in total. The van der Waals surface area contributed by atoms with E-state index in [0.717, 1.165) is 25.1 Å². The number of carbonyl (C=O) groups is 1. The number of rotatable bonds is 8. The Morgan fingerprint density at radius 1 is 1.30 bits per heavy atom. The average Bonchev–Trinajstić information content (AvgIpc) is 2.48. The maximum absolute atomic E-state index is 11.3. The lowest BCUT2D eigenvalue weighted by molar-refractivity contribution is 0.0953. The van der Waals surface area contributed by atoms with E-state index >= 15 is 0 Å². The second-order valence-electron chi connectivity index (χ2n) is 4.80. The second kappa shape index (κ2) is 8.55. The van der Waals surface area contributed by atoms with Crippen LogP contribution in [0.1, 0.15) is 37.0 Å². The lowest BCUT2D eigenvalue weighted by atomic mass is 10.1. The molecule has 0 atom stereocenters. The van der Waals surface area contributed by atoms with Gasteiger partial charge in [0.05, 0.1) is 0 Å². The number of amides is 1. The van der Waals surface area contributed by atoms with Crippen LogP contribution in [0.15, 0.2) is 24.3 Å². The minimum Gasteiger partial charge on any atom is -0.492 e. The van der Waals surface area contributed by atoms with Crippen molar-refractivity contribution in [3.63, 3.8) is 0 Å². The third-order valence-corrected chi connectivity index (χ3v) is 3.53. The molecule has 3 N–H and O–H groups in total. The van der Waals surface area contributed by atoms with Crippen molar-refractivity contribution in [1.29, 1.82) is 0 Å². The van der Waals surface area contributed by atoms with E-state index in [0.29, 0.717) is 18.2 Å². The third kappa shape index (κ3) is 4.83. The minimum atomic E-state index is -0.301. The predicted molar refractivity (Wildman–Crippen MR) is 80.6 cm³/mol. The SMILES string of the molecule is CCC(CC)N(C)CCOc1ccc(C(=O)NN)cc1. The van der Waals surface area contributed by atoms with Gasteiger partial charge in [-0.1, -0.05) is 13.8 Å². The van der Waals surface area contributed by atoms with Gasteiger partial charge in [-0.15, -0.1) is 0 Å². The maximum Gasteiger partial charge on any atom is 0.265 e. The highest BCUT2D eigenvalue weighted by atomic mass is 16.5. The first kappa shape index (κ1) is 16.5. The molecule has 0 bridgehead atoms. The molecule has 0 saturated carbocycles. The van der Waals surface area contributed by atoms with E-state index in [2.05, 4.69) is 31.2 Å². The Kier molecular flexibility index (Phi) is 7.04. The Morgan fingerprint density at radius 2 is 1.90 bits per heavy atom. The predicted octanol–water partition coefficient (Wildman–Crippen LogP) is 1.79. The average molecular weight is 279 g/mol. The number of carbonyl (C=O) groups excluding carboxylic acids is 1. The highest BCUT2D eigenvalue weighted by molar-refractivity contribution is 5.93. The molecule has 0 saturated heterocycles. The number of nitrogens with two attached hydrogens (primary N) is 1. The Balaban J connectivity index is 2.40. The zero-order valence-corrected chi connectivity index (χ0v) is 12.6. The summed E-state index contributed by atoms with van der Waals surface area (Å²) in [6.45, 7) is 5.92. The first-order valence-electron chi connectivity index (χ1n) is 7.06. The van der Waals surface area contributed by atoms with Gasteiger partial charge in [-0.2, -0.15) is 0 Å². The molecule has 1 amide bonds. The maximum atomic E-state index is 11.3. The van der Waals surface area contributed by atoms with Crippen LogP contribution < -0.4 is 16.0 Å². The molecular formula is C15H25N3O2. The summed E-state index contributed by atoms with van der Waals surface area (Å²) in [5, 5.41) is 0. The van der Waals surface area contributed by atoms with Crippen LogP contribution in [0.4, 0.5) is 0 Å². The summed E-state index contributed by atoms with van der Waals surface area (Å²) in [7, 11) is 2.12. The second-order valence-corrected chi connectivity index (χ2v) is 4.80. The van der Waals surface area contributed by atoms with E-state index in [9.17, 15) is 4.79 Å². The molecule has 1 aromatic rings. The van der Waals surface area contributed by atoms with Crippen LogP contribution in [0.25, 0.3) is 0 Å². The molecule has 5 heteroatoms. The van der Waals surface area contributed by atoms with Gasteiger partial charge >= 0.3 is 0 Å². The normalized spacial score (nSPS) is 10.9. The number of hydrogen-bond acceptors (Lipinski definition) is 4. The van der Waals surface area contributed by atoms with Crippen molar-refractivity contribution in [1.82, 2.24) is 10.3 Å². The quantitative estimate of drug-likeness (QED) is 0.432. The summed E-state index contributed by atoms with van der Waals surface area (Å²) in [6, 6.07) is 7.56. The topological polar surface area (TPSA) is 67.6 Å². The third-order valence-electron chi connectivity index (χ3n) is 3.53. The van der Waals surface area contributed by atoms with Gasteiger partial charge in [-0.3, -0.25) is 10.2 Å². The van der Waals surface area contributed by atoms with Crippen LogP contribution >= 0.6 is 0 Å². The van der Waals surface area contributed by atoms with Gasteiger partial charge in [-0.05, 0) is 44.2 Å². The van der Waals surface area contributed by atoms with Crippen molar-refractivity contribution in [3.8, 4) is 5.75 Å². The van der Waals surface area contributed by atoms with Crippen molar-refractivity contribution in [2.45, 2.75) is 32.7 Å². The molecule has 0 aromatic heterocycles. The van der Waals surface area contributed by atoms with E-state index in [1.807, 2.05) is 0 Å². The van der Waals surface area contributed by atoms with Gasteiger partial charge in [0, 0.05) is 18.2 Å².